The Morgan fingerprint density at radius 2 is 1.78 bits per heavy atom. The summed E-state index contributed by atoms with van der Waals surface area (Å²) in [5.74, 6) is 1.36. The standard InChI is InChI=1S/C19H23NO3/c1-4-14-8-11-16(12-9-14)20-18(21)13-10-15-6-5-7-17(22-2)19(15)23-3/h5-9,11-12H,4,10,13H2,1-3H3,(H,20,21). The summed E-state index contributed by atoms with van der Waals surface area (Å²) < 4.78 is 10.7. The van der Waals surface area contributed by atoms with Gasteiger partial charge in [0.05, 0.1) is 14.2 Å². The first-order valence-electron chi connectivity index (χ1n) is 7.76. The fourth-order valence-electron chi connectivity index (χ4n) is 2.45. The predicted molar refractivity (Wildman–Crippen MR) is 92.3 cm³/mol. The van der Waals surface area contributed by atoms with Gasteiger partial charge in [0.25, 0.3) is 0 Å². The van der Waals surface area contributed by atoms with E-state index in [9.17, 15) is 4.79 Å². The second kappa shape index (κ2) is 8.22. The molecule has 122 valence electrons. The van der Waals surface area contributed by atoms with Gasteiger partial charge in [0.2, 0.25) is 5.91 Å². The van der Waals surface area contributed by atoms with E-state index in [1.807, 2.05) is 42.5 Å². The zero-order valence-corrected chi connectivity index (χ0v) is 13.9. The molecule has 0 spiro atoms. The van der Waals surface area contributed by atoms with Crippen molar-refractivity contribution in [3.8, 4) is 11.5 Å². The third-order valence-electron chi connectivity index (χ3n) is 3.75. The summed E-state index contributed by atoms with van der Waals surface area (Å²) in [6.45, 7) is 2.11. The second-order valence-electron chi connectivity index (χ2n) is 5.25. The van der Waals surface area contributed by atoms with Gasteiger partial charge in [-0.15, -0.1) is 0 Å². The molecule has 1 N–H and O–H groups in total. The van der Waals surface area contributed by atoms with Gasteiger partial charge in [-0.05, 0) is 42.2 Å². The second-order valence-corrected chi connectivity index (χ2v) is 5.25. The number of hydrogen-bond donors (Lipinski definition) is 1. The highest BCUT2D eigenvalue weighted by Gasteiger charge is 2.11. The molecule has 0 aliphatic rings. The topological polar surface area (TPSA) is 47.6 Å². The van der Waals surface area contributed by atoms with Crippen molar-refractivity contribution < 1.29 is 14.3 Å². The SMILES string of the molecule is CCc1ccc(NC(=O)CCc2cccc(OC)c2OC)cc1. The van der Waals surface area contributed by atoms with Crippen molar-refractivity contribution in [1.82, 2.24) is 0 Å². The summed E-state index contributed by atoms with van der Waals surface area (Å²) in [5.41, 5.74) is 3.04. The molecule has 0 atom stereocenters. The summed E-state index contributed by atoms with van der Waals surface area (Å²) in [6, 6.07) is 13.6. The number of para-hydroxylation sites is 1. The van der Waals surface area contributed by atoms with Crippen LogP contribution < -0.4 is 14.8 Å². The van der Waals surface area contributed by atoms with Crippen LogP contribution in [0, 0.1) is 0 Å². The maximum atomic E-state index is 12.1. The number of hydrogen-bond acceptors (Lipinski definition) is 3. The zero-order chi connectivity index (χ0) is 16.7. The lowest BCUT2D eigenvalue weighted by molar-refractivity contribution is -0.116. The van der Waals surface area contributed by atoms with Crippen LogP contribution in [0.2, 0.25) is 0 Å². The number of methoxy groups -OCH3 is 2. The Kier molecular flexibility index (Phi) is 6.03. The predicted octanol–water partition coefficient (Wildman–Crippen LogP) is 3.84. The highest BCUT2D eigenvalue weighted by Crippen LogP contribution is 2.31. The van der Waals surface area contributed by atoms with Crippen LogP contribution in [-0.4, -0.2) is 20.1 Å². The van der Waals surface area contributed by atoms with Crippen LogP contribution in [0.25, 0.3) is 0 Å². The molecule has 0 fully saturated rings. The van der Waals surface area contributed by atoms with Crippen LogP contribution in [0.15, 0.2) is 42.5 Å². The fourth-order valence-corrected chi connectivity index (χ4v) is 2.45. The quantitative estimate of drug-likeness (QED) is 0.845. The third kappa shape index (κ3) is 4.49. The average Bonchev–Trinajstić information content (AvgIpc) is 2.60. The van der Waals surface area contributed by atoms with Crippen molar-refractivity contribution in [3.63, 3.8) is 0 Å². The van der Waals surface area contributed by atoms with E-state index in [0.717, 1.165) is 17.7 Å². The molecule has 0 saturated carbocycles. The van der Waals surface area contributed by atoms with Crippen molar-refractivity contribution in [2.45, 2.75) is 26.2 Å². The van der Waals surface area contributed by atoms with E-state index in [1.54, 1.807) is 14.2 Å². The normalized spacial score (nSPS) is 10.2. The Balaban J connectivity index is 1.96. The lowest BCUT2D eigenvalue weighted by Crippen LogP contribution is -2.12. The van der Waals surface area contributed by atoms with Gasteiger partial charge in [-0.3, -0.25) is 4.79 Å². The highest BCUT2D eigenvalue weighted by molar-refractivity contribution is 5.90. The minimum absolute atomic E-state index is 0.0147. The molecule has 0 aliphatic carbocycles. The third-order valence-corrected chi connectivity index (χ3v) is 3.75. The first-order valence-corrected chi connectivity index (χ1v) is 7.76. The Morgan fingerprint density at radius 1 is 1.04 bits per heavy atom. The van der Waals surface area contributed by atoms with E-state index in [2.05, 4.69) is 12.2 Å². The monoisotopic (exact) mass is 313 g/mol. The van der Waals surface area contributed by atoms with Crippen molar-refractivity contribution in [2.24, 2.45) is 0 Å². The molecule has 2 aromatic carbocycles. The number of ether oxygens (including phenoxy) is 2. The van der Waals surface area contributed by atoms with Crippen molar-refractivity contribution in [1.29, 1.82) is 0 Å². The van der Waals surface area contributed by atoms with E-state index < -0.39 is 0 Å². The largest absolute Gasteiger partial charge is 0.493 e. The molecule has 0 aliphatic heterocycles. The molecule has 0 radical (unpaired) electrons. The Bertz CT molecular complexity index is 650. The lowest BCUT2D eigenvalue weighted by atomic mass is 10.1. The smallest absolute Gasteiger partial charge is 0.224 e. The zero-order valence-electron chi connectivity index (χ0n) is 13.9. The molecular weight excluding hydrogens is 290 g/mol. The van der Waals surface area contributed by atoms with Gasteiger partial charge in [0.1, 0.15) is 0 Å². The molecule has 0 heterocycles. The minimum Gasteiger partial charge on any atom is -0.493 e. The first kappa shape index (κ1) is 16.9. The maximum absolute atomic E-state index is 12.1. The van der Waals surface area contributed by atoms with Crippen LogP contribution in [-0.2, 0) is 17.6 Å². The highest BCUT2D eigenvalue weighted by atomic mass is 16.5. The maximum Gasteiger partial charge on any atom is 0.224 e. The molecule has 23 heavy (non-hydrogen) atoms. The van der Waals surface area contributed by atoms with Gasteiger partial charge in [0.15, 0.2) is 11.5 Å². The molecule has 2 aromatic rings. The van der Waals surface area contributed by atoms with Gasteiger partial charge < -0.3 is 14.8 Å². The molecule has 4 nitrogen and oxygen atoms in total. The van der Waals surface area contributed by atoms with Gasteiger partial charge >= 0.3 is 0 Å². The lowest BCUT2D eigenvalue weighted by Gasteiger charge is -2.12. The summed E-state index contributed by atoms with van der Waals surface area (Å²) in [4.78, 5) is 12.1. The number of amides is 1. The van der Waals surface area contributed by atoms with E-state index in [0.29, 0.717) is 24.3 Å². The summed E-state index contributed by atoms with van der Waals surface area (Å²) >= 11 is 0. The van der Waals surface area contributed by atoms with E-state index in [-0.39, 0.29) is 5.91 Å². The minimum atomic E-state index is -0.0147. The Morgan fingerprint density at radius 3 is 2.39 bits per heavy atom. The van der Waals surface area contributed by atoms with Crippen molar-refractivity contribution >= 4 is 11.6 Å². The van der Waals surface area contributed by atoms with Gasteiger partial charge in [-0.25, -0.2) is 0 Å². The number of carbonyl (C=O) groups is 1. The first-order chi connectivity index (χ1) is 11.2. The Hall–Kier alpha value is -2.49. The number of benzene rings is 2. The summed E-state index contributed by atoms with van der Waals surface area (Å²) in [7, 11) is 3.21. The number of carbonyl (C=O) groups excluding carboxylic acids is 1. The average molecular weight is 313 g/mol. The van der Waals surface area contributed by atoms with Gasteiger partial charge in [-0.1, -0.05) is 31.2 Å². The number of aryl methyl sites for hydroxylation is 2. The summed E-state index contributed by atoms with van der Waals surface area (Å²) in [6.07, 6.45) is 1.97. The van der Waals surface area contributed by atoms with E-state index in [4.69, 9.17) is 9.47 Å². The molecule has 0 bridgehead atoms. The number of anilines is 1. The molecule has 0 unspecified atom stereocenters. The molecule has 0 saturated heterocycles. The van der Waals surface area contributed by atoms with Crippen LogP contribution in [0.1, 0.15) is 24.5 Å². The fraction of sp³-hybridized carbons (Fsp3) is 0.316. The molecule has 0 aromatic heterocycles. The van der Waals surface area contributed by atoms with Crippen molar-refractivity contribution in [3.05, 3.63) is 53.6 Å². The van der Waals surface area contributed by atoms with Crippen molar-refractivity contribution in [2.75, 3.05) is 19.5 Å². The number of rotatable bonds is 7. The molecular formula is C19H23NO3. The molecule has 1 amide bonds. The van der Waals surface area contributed by atoms with Crippen LogP contribution >= 0.6 is 0 Å². The van der Waals surface area contributed by atoms with E-state index in [1.165, 1.54) is 5.56 Å². The van der Waals surface area contributed by atoms with E-state index >= 15 is 0 Å². The molecule has 4 heteroatoms. The van der Waals surface area contributed by atoms with Gasteiger partial charge in [-0.2, -0.15) is 0 Å². The van der Waals surface area contributed by atoms with Gasteiger partial charge in [0, 0.05) is 12.1 Å². The van der Waals surface area contributed by atoms with Crippen LogP contribution in [0.4, 0.5) is 5.69 Å². The Labute approximate surface area is 137 Å². The molecule has 2 rings (SSSR count). The van der Waals surface area contributed by atoms with Crippen LogP contribution in [0.5, 0.6) is 11.5 Å². The van der Waals surface area contributed by atoms with Crippen LogP contribution in [0.3, 0.4) is 0 Å². The summed E-state index contributed by atoms with van der Waals surface area (Å²) in [5, 5.41) is 2.92. The number of nitrogens with one attached hydrogen (secondary N) is 1.